The number of carbonyl (C=O) groups excluding carboxylic acids is 1. The summed E-state index contributed by atoms with van der Waals surface area (Å²) in [5.74, 6) is 0.511. The van der Waals surface area contributed by atoms with Gasteiger partial charge in [-0.2, -0.15) is 4.80 Å². The van der Waals surface area contributed by atoms with E-state index in [0.29, 0.717) is 12.4 Å². The number of rotatable bonds is 21. The molecule has 1 heterocycles. The molecule has 0 radical (unpaired) electrons. The van der Waals surface area contributed by atoms with Crippen molar-refractivity contribution in [1.82, 2.24) is 25.5 Å². The Balaban J connectivity index is 1.83. The fourth-order valence-electron chi connectivity index (χ4n) is 3.73. The summed E-state index contributed by atoms with van der Waals surface area (Å²) in [4.78, 5) is 13.1. The Hall–Kier alpha value is -1.70. The fraction of sp³-hybridized carbons (Fsp3) is 0.917. The van der Waals surface area contributed by atoms with Gasteiger partial charge in [0.15, 0.2) is 5.82 Å². The number of alkyl carbamates (subject to hydrolysis) is 1. The van der Waals surface area contributed by atoms with Gasteiger partial charge in [0.1, 0.15) is 12.6 Å². The summed E-state index contributed by atoms with van der Waals surface area (Å²) in [6, 6.07) is -0.516. The van der Waals surface area contributed by atoms with Crippen molar-refractivity contribution in [1.29, 1.82) is 0 Å². The molecule has 0 aromatic carbocycles. The third kappa shape index (κ3) is 15.2. The Labute approximate surface area is 194 Å². The van der Waals surface area contributed by atoms with Crippen molar-refractivity contribution in [3.8, 4) is 0 Å². The molecule has 0 aliphatic heterocycles. The molecular weight excluding hydrogens is 406 g/mol. The number of hydrogen-bond acceptors (Lipinski definition) is 6. The molecule has 8 nitrogen and oxygen atoms in total. The largest absolute Gasteiger partial charge is 0.447 e. The van der Waals surface area contributed by atoms with Crippen LogP contribution in [0.15, 0.2) is 0 Å². The molecule has 0 aliphatic rings. The van der Waals surface area contributed by atoms with Gasteiger partial charge in [0.25, 0.3) is 0 Å². The second-order valence-electron chi connectivity index (χ2n) is 8.82. The van der Waals surface area contributed by atoms with Crippen molar-refractivity contribution in [3.05, 3.63) is 5.82 Å². The molecule has 0 aliphatic carbocycles. The predicted molar refractivity (Wildman–Crippen MR) is 128 cm³/mol. The van der Waals surface area contributed by atoms with Gasteiger partial charge in [-0.1, -0.05) is 103 Å². The molecule has 0 spiro atoms. The fourth-order valence-corrected chi connectivity index (χ4v) is 3.73. The van der Waals surface area contributed by atoms with Crippen LogP contribution in [0, 0.1) is 6.92 Å². The Morgan fingerprint density at radius 3 is 1.84 bits per heavy atom. The topological polar surface area (TPSA) is 102 Å². The van der Waals surface area contributed by atoms with Crippen LogP contribution < -0.4 is 5.32 Å². The predicted octanol–water partition coefficient (Wildman–Crippen LogP) is 5.50. The SMILES string of the molecule is CCCCCCCCCCCCCCCCCCNC(=O)OCC(CO)n1nnc(C)n1. The van der Waals surface area contributed by atoms with E-state index in [1.165, 1.54) is 94.7 Å². The minimum absolute atomic E-state index is 0.0110. The molecule has 2 N–H and O–H groups in total. The lowest BCUT2D eigenvalue weighted by atomic mass is 10.0. The molecule has 8 heteroatoms. The normalized spacial score (nSPS) is 12.1. The Bertz CT molecular complexity index is 568. The zero-order valence-corrected chi connectivity index (χ0v) is 20.6. The number of aryl methyl sites for hydroxylation is 1. The molecule has 1 amide bonds. The van der Waals surface area contributed by atoms with Gasteiger partial charge >= 0.3 is 6.09 Å². The van der Waals surface area contributed by atoms with E-state index in [-0.39, 0.29) is 13.2 Å². The average molecular weight is 454 g/mol. The molecule has 186 valence electrons. The standard InChI is InChI=1S/C24H47N5O3/c1-3-4-5-6-7-8-9-10-11-12-13-14-15-16-17-18-19-25-24(31)32-21-23(20-30)29-27-22(2)26-28-29/h23,30H,3-21H2,1-2H3,(H,25,31). The highest BCUT2D eigenvalue weighted by Crippen LogP contribution is 2.13. The molecule has 0 saturated heterocycles. The number of tetrazole rings is 1. The van der Waals surface area contributed by atoms with E-state index in [4.69, 9.17) is 4.74 Å². The Kier molecular flexibility index (Phi) is 17.7. The van der Waals surface area contributed by atoms with E-state index in [9.17, 15) is 9.90 Å². The lowest BCUT2D eigenvalue weighted by Crippen LogP contribution is -2.29. The summed E-state index contributed by atoms with van der Waals surface area (Å²) < 4.78 is 5.15. The van der Waals surface area contributed by atoms with Crippen molar-refractivity contribution in [2.75, 3.05) is 19.8 Å². The molecule has 1 atom stereocenters. The van der Waals surface area contributed by atoms with E-state index in [1.807, 2.05) is 0 Å². The van der Waals surface area contributed by atoms with Crippen molar-refractivity contribution < 1.29 is 14.6 Å². The molecular formula is C24H47N5O3. The molecule has 1 aromatic heterocycles. The average Bonchev–Trinajstić information content (AvgIpc) is 3.22. The maximum Gasteiger partial charge on any atom is 0.407 e. The number of ether oxygens (including phenoxy) is 1. The van der Waals surface area contributed by atoms with Gasteiger partial charge in [0, 0.05) is 6.54 Å². The van der Waals surface area contributed by atoms with Gasteiger partial charge in [-0.25, -0.2) is 4.79 Å². The van der Waals surface area contributed by atoms with Crippen molar-refractivity contribution in [3.63, 3.8) is 0 Å². The van der Waals surface area contributed by atoms with Gasteiger partial charge in [0.2, 0.25) is 0 Å². The molecule has 1 rings (SSSR count). The first kappa shape index (κ1) is 28.3. The maximum absolute atomic E-state index is 11.8. The van der Waals surface area contributed by atoms with Crippen molar-refractivity contribution in [2.45, 2.75) is 123 Å². The van der Waals surface area contributed by atoms with Gasteiger partial charge < -0.3 is 15.2 Å². The molecule has 0 saturated carbocycles. The van der Waals surface area contributed by atoms with E-state index < -0.39 is 12.1 Å². The Morgan fingerprint density at radius 2 is 1.41 bits per heavy atom. The maximum atomic E-state index is 11.8. The summed E-state index contributed by atoms with van der Waals surface area (Å²) in [6.45, 7) is 4.39. The minimum atomic E-state index is -0.516. The first-order valence-corrected chi connectivity index (χ1v) is 12.9. The Morgan fingerprint density at radius 1 is 0.906 bits per heavy atom. The number of aliphatic hydroxyl groups excluding tert-OH is 1. The quantitative estimate of drug-likeness (QED) is 0.238. The van der Waals surface area contributed by atoms with Crippen LogP contribution in [0.5, 0.6) is 0 Å². The van der Waals surface area contributed by atoms with Crippen LogP contribution in [0.2, 0.25) is 0 Å². The minimum Gasteiger partial charge on any atom is -0.447 e. The number of aliphatic hydroxyl groups is 1. The summed E-state index contributed by atoms with van der Waals surface area (Å²) in [6.07, 6.45) is 20.8. The van der Waals surface area contributed by atoms with Crippen LogP contribution in [-0.2, 0) is 4.74 Å². The lowest BCUT2D eigenvalue weighted by molar-refractivity contribution is 0.0963. The number of amides is 1. The third-order valence-electron chi connectivity index (χ3n) is 5.77. The molecule has 1 aromatic rings. The van der Waals surface area contributed by atoms with Crippen LogP contribution in [0.25, 0.3) is 0 Å². The molecule has 0 fully saturated rings. The van der Waals surface area contributed by atoms with Gasteiger partial charge in [-0.15, -0.1) is 10.2 Å². The number of hydrogen-bond donors (Lipinski definition) is 2. The summed E-state index contributed by atoms with van der Waals surface area (Å²) >= 11 is 0. The van der Waals surface area contributed by atoms with Crippen LogP contribution in [0.3, 0.4) is 0 Å². The smallest absolute Gasteiger partial charge is 0.407 e. The van der Waals surface area contributed by atoms with Crippen LogP contribution in [0.4, 0.5) is 4.79 Å². The molecule has 1 unspecified atom stereocenters. The van der Waals surface area contributed by atoms with E-state index in [0.717, 1.165) is 12.8 Å². The van der Waals surface area contributed by atoms with Gasteiger partial charge in [-0.3, -0.25) is 0 Å². The summed E-state index contributed by atoms with van der Waals surface area (Å²) in [7, 11) is 0. The van der Waals surface area contributed by atoms with Gasteiger partial charge in [0.05, 0.1) is 6.61 Å². The number of nitrogens with zero attached hydrogens (tertiary/aromatic N) is 4. The second-order valence-corrected chi connectivity index (χ2v) is 8.82. The van der Waals surface area contributed by atoms with Crippen LogP contribution >= 0.6 is 0 Å². The van der Waals surface area contributed by atoms with Gasteiger partial charge in [-0.05, 0) is 18.6 Å². The van der Waals surface area contributed by atoms with E-state index in [2.05, 4.69) is 27.7 Å². The third-order valence-corrected chi connectivity index (χ3v) is 5.77. The van der Waals surface area contributed by atoms with Crippen molar-refractivity contribution in [2.24, 2.45) is 0 Å². The first-order valence-electron chi connectivity index (χ1n) is 12.9. The first-order chi connectivity index (χ1) is 15.7. The highest BCUT2D eigenvalue weighted by molar-refractivity contribution is 5.67. The monoisotopic (exact) mass is 453 g/mol. The number of nitrogens with one attached hydrogen (secondary N) is 1. The molecule has 0 bridgehead atoms. The highest BCUT2D eigenvalue weighted by Gasteiger charge is 2.15. The number of carbonyl (C=O) groups is 1. The second kappa shape index (κ2) is 19.9. The molecule has 32 heavy (non-hydrogen) atoms. The highest BCUT2D eigenvalue weighted by atomic mass is 16.5. The summed E-state index contributed by atoms with van der Waals surface area (Å²) in [5.41, 5.74) is 0. The number of aromatic nitrogens is 4. The van der Waals surface area contributed by atoms with Crippen LogP contribution in [0.1, 0.15) is 122 Å². The zero-order chi connectivity index (χ0) is 23.3. The van der Waals surface area contributed by atoms with Crippen LogP contribution in [-0.4, -0.2) is 51.2 Å². The summed E-state index contributed by atoms with van der Waals surface area (Å²) in [5, 5.41) is 23.8. The van der Waals surface area contributed by atoms with Crippen molar-refractivity contribution >= 4 is 6.09 Å². The van der Waals surface area contributed by atoms with E-state index in [1.54, 1.807) is 6.92 Å². The number of unbranched alkanes of at least 4 members (excludes halogenated alkanes) is 15. The van der Waals surface area contributed by atoms with E-state index >= 15 is 0 Å². The zero-order valence-electron chi connectivity index (χ0n) is 20.6. The lowest BCUT2D eigenvalue weighted by Gasteiger charge is -2.13.